The number of nitrogens with one attached hydrogen (secondary N) is 3. The van der Waals surface area contributed by atoms with Gasteiger partial charge in [-0.2, -0.15) is 0 Å². The van der Waals surface area contributed by atoms with Gasteiger partial charge in [-0.15, -0.1) is 0 Å². The summed E-state index contributed by atoms with van der Waals surface area (Å²) in [5.41, 5.74) is 2.79. The Morgan fingerprint density at radius 1 is 1.00 bits per heavy atom. The number of amides is 3. The molecule has 3 aromatic carbocycles. The van der Waals surface area contributed by atoms with E-state index in [1.54, 1.807) is 66.7 Å². The van der Waals surface area contributed by atoms with Crippen molar-refractivity contribution in [3.63, 3.8) is 0 Å². The molecule has 33 heavy (non-hydrogen) atoms. The minimum Gasteiger partial charge on any atom is -0.494 e. The molecule has 1 aliphatic heterocycles. The van der Waals surface area contributed by atoms with Gasteiger partial charge in [-0.25, -0.2) is 0 Å². The quantitative estimate of drug-likeness (QED) is 0.516. The third-order valence-electron chi connectivity index (χ3n) is 5.10. The number of benzene rings is 3. The lowest BCUT2D eigenvalue weighted by Crippen LogP contribution is -2.44. The molecule has 4 rings (SSSR count). The van der Waals surface area contributed by atoms with Crippen LogP contribution in [0.2, 0.25) is 0 Å². The molecule has 0 aliphatic carbocycles. The standard InChI is InChI=1S/C25H24N4O4/c1-2-33-18-13-11-17(12-14-18)27-25(32)19-7-3-4-8-20(19)26-15-24(31)29-16-23(30)28-21-9-5-6-10-22(21)29/h3-14,26H,2,15-16H2,1H3,(H,27,32)(H,28,30). The molecule has 1 heterocycles. The smallest absolute Gasteiger partial charge is 0.257 e. The van der Waals surface area contributed by atoms with Crippen LogP contribution in [-0.4, -0.2) is 37.4 Å². The van der Waals surface area contributed by atoms with E-state index in [0.29, 0.717) is 34.9 Å². The maximum absolute atomic E-state index is 12.9. The number of rotatable bonds is 7. The maximum atomic E-state index is 12.9. The number of nitrogens with zero attached hydrogens (tertiary/aromatic N) is 1. The molecule has 0 saturated heterocycles. The van der Waals surface area contributed by atoms with E-state index in [-0.39, 0.29) is 30.8 Å². The van der Waals surface area contributed by atoms with Crippen molar-refractivity contribution in [2.75, 3.05) is 40.5 Å². The highest BCUT2D eigenvalue weighted by Gasteiger charge is 2.26. The fourth-order valence-electron chi connectivity index (χ4n) is 3.56. The van der Waals surface area contributed by atoms with Gasteiger partial charge in [0.1, 0.15) is 12.3 Å². The zero-order valence-corrected chi connectivity index (χ0v) is 18.1. The van der Waals surface area contributed by atoms with Crippen molar-refractivity contribution in [3.05, 3.63) is 78.4 Å². The number of anilines is 4. The fraction of sp³-hybridized carbons (Fsp3) is 0.160. The molecule has 0 radical (unpaired) electrons. The lowest BCUT2D eigenvalue weighted by Gasteiger charge is -2.29. The van der Waals surface area contributed by atoms with Gasteiger partial charge in [0.05, 0.1) is 30.1 Å². The average molecular weight is 444 g/mol. The summed E-state index contributed by atoms with van der Waals surface area (Å²) in [5, 5.41) is 8.66. The first kappa shape index (κ1) is 21.9. The Morgan fingerprint density at radius 2 is 1.73 bits per heavy atom. The Labute approximate surface area is 191 Å². The number of ether oxygens (including phenoxy) is 1. The van der Waals surface area contributed by atoms with Crippen LogP contribution >= 0.6 is 0 Å². The van der Waals surface area contributed by atoms with Crippen LogP contribution in [0.3, 0.4) is 0 Å². The number of para-hydroxylation sites is 3. The maximum Gasteiger partial charge on any atom is 0.257 e. The second-order valence-corrected chi connectivity index (χ2v) is 7.36. The first-order valence-electron chi connectivity index (χ1n) is 10.6. The second kappa shape index (κ2) is 9.86. The van der Waals surface area contributed by atoms with E-state index >= 15 is 0 Å². The summed E-state index contributed by atoms with van der Waals surface area (Å²) in [7, 11) is 0. The predicted octanol–water partition coefficient (Wildman–Crippen LogP) is 3.73. The number of hydrogen-bond donors (Lipinski definition) is 3. The van der Waals surface area contributed by atoms with Crippen LogP contribution in [0.1, 0.15) is 17.3 Å². The van der Waals surface area contributed by atoms with Crippen molar-refractivity contribution in [1.29, 1.82) is 0 Å². The fourth-order valence-corrected chi connectivity index (χ4v) is 3.56. The van der Waals surface area contributed by atoms with E-state index in [4.69, 9.17) is 4.74 Å². The molecular formula is C25H24N4O4. The van der Waals surface area contributed by atoms with E-state index in [1.165, 1.54) is 4.90 Å². The molecule has 8 heteroatoms. The summed E-state index contributed by atoms with van der Waals surface area (Å²) < 4.78 is 5.42. The SMILES string of the molecule is CCOc1ccc(NC(=O)c2ccccc2NCC(=O)N2CC(=O)Nc3ccccc32)cc1. The molecule has 0 aromatic heterocycles. The molecule has 3 aromatic rings. The van der Waals surface area contributed by atoms with Crippen LogP contribution in [0.15, 0.2) is 72.8 Å². The van der Waals surface area contributed by atoms with Gasteiger partial charge in [-0.05, 0) is 55.5 Å². The monoisotopic (exact) mass is 444 g/mol. The summed E-state index contributed by atoms with van der Waals surface area (Å²) >= 11 is 0. The van der Waals surface area contributed by atoms with Gasteiger partial charge in [0.15, 0.2) is 0 Å². The highest BCUT2D eigenvalue weighted by Crippen LogP contribution is 2.29. The van der Waals surface area contributed by atoms with E-state index < -0.39 is 0 Å². The van der Waals surface area contributed by atoms with Gasteiger partial charge in [-0.1, -0.05) is 24.3 Å². The van der Waals surface area contributed by atoms with Crippen LogP contribution in [0.4, 0.5) is 22.7 Å². The molecule has 0 bridgehead atoms. The first-order chi connectivity index (χ1) is 16.0. The first-order valence-corrected chi connectivity index (χ1v) is 10.6. The second-order valence-electron chi connectivity index (χ2n) is 7.36. The zero-order chi connectivity index (χ0) is 23.2. The van der Waals surface area contributed by atoms with Gasteiger partial charge < -0.3 is 20.7 Å². The van der Waals surface area contributed by atoms with Crippen LogP contribution in [0.25, 0.3) is 0 Å². The third kappa shape index (κ3) is 5.12. The highest BCUT2D eigenvalue weighted by atomic mass is 16.5. The molecule has 168 valence electrons. The zero-order valence-electron chi connectivity index (χ0n) is 18.1. The molecule has 0 atom stereocenters. The van der Waals surface area contributed by atoms with Crippen LogP contribution in [0.5, 0.6) is 5.75 Å². The number of carbonyl (C=O) groups is 3. The van der Waals surface area contributed by atoms with Crippen molar-refractivity contribution >= 4 is 40.5 Å². The molecule has 0 unspecified atom stereocenters. The van der Waals surface area contributed by atoms with E-state index in [2.05, 4.69) is 16.0 Å². The number of carbonyl (C=O) groups excluding carboxylic acids is 3. The Balaban J connectivity index is 1.44. The summed E-state index contributed by atoms with van der Waals surface area (Å²) in [6, 6.07) is 21.2. The molecular weight excluding hydrogens is 420 g/mol. The molecule has 1 aliphatic rings. The molecule has 3 amide bonds. The van der Waals surface area contributed by atoms with Crippen molar-refractivity contribution in [2.24, 2.45) is 0 Å². The average Bonchev–Trinajstić information content (AvgIpc) is 2.83. The third-order valence-corrected chi connectivity index (χ3v) is 5.10. The van der Waals surface area contributed by atoms with Crippen molar-refractivity contribution in [2.45, 2.75) is 6.92 Å². The van der Waals surface area contributed by atoms with Gasteiger partial charge in [0.25, 0.3) is 5.91 Å². The molecule has 3 N–H and O–H groups in total. The Kier molecular flexibility index (Phi) is 6.54. The minimum absolute atomic E-state index is 0.0581. The summed E-state index contributed by atoms with van der Waals surface area (Å²) in [6.07, 6.45) is 0. The predicted molar refractivity (Wildman–Crippen MR) is 128 cm³/mol. The van der Waals surface area contributed by atoms with Gasteiger partial charge in [0, 0.05) is 11.4 Å². The lowest BCUT2D eigenvalue weighted by molar-refractivity contribution is -0.120. The Morgan fingerprint density at radius 3 is 2.52 bits per heavy atom. The van der Waals surface area contributed by atoms with Crippen LogP contribution in [0, 0.1) is 0 Å². The normalized spacial score (nSPS) is 12.4. The largest absolute Gasteiger partial charge is 0.494 e. The highest BCUT2D eigenvalue weighted by molar-refractivity contribution is 6.11. The number of hydrogen-bond acceptors (Lipinski definition) is 5. The summed E-state index contributed by atoms with van der Waals surface area (Å²) in [5.74, 6) is -0.113. The summed E-state index contributed by atoms with van der Waals surface area (Å²) in [4.78, 5) is 39.2. The Hall–Kier alpha value is -4.33. The Bertz CT molecular complexity index is 1180. The van der Waals surface area contributed by atoms with Gasteiger partial charge in [0.2, 0.25) is 11.8 Å². The van der Waals surface area contributed by atoms with Gasteiger partial charge >= 0.3 is 0 Å². The van der Waals surface area contributed by atoms with Crippen molar-refractivity contribution in [3.8, 4) is 5.75 Å². The van der Waals surface area contributed by atoms with Crippen LogP contribution < -0.4 is 25.6 Å². The minimum atomic E-state index is -0.308. The van der Waals surface area contributed by atoms with Gasteiger partial charge in [-0.3, -0.25) is 19.3 Å². The number of fused-ring (bicyclic) bond motifs is 1. The van der Waals surface area contributed by atoms with Crippen LogP contribution in [-0.2, 0) is 9.59 Å². The summed E-state index contributed by atoms with van der Waals surface area (Å²) in [6.45, 7) is 2.34. The lowest BCUT2D eigenvalue weighted by atomic mass is 10.1. The topological polar surface area (TPSA) is 99.8 Å². The van der Waals surface area contributed by atoms with Crippen molar-refractivity contribution in [1.82, 2.24) is 0 Å². The van der Waals surface area contributed by atoms with E-state index in [1.807, 2.05) is 13.0 Å². The van der Waals surface area contributed by atoms with Crippen molar-refractivity contribution < 1.29 is 19.1 Å². The molecule has 0 saturated carbocycles. The van der Waals surface area contributed by atoms with E-state index in [9.17, 15) is 14.4 Å². The molecule has 0 fully saturated rings. The molecule has 0 spiro atoms. The molecule has 8 nitrogen and oxygen atoms in total. The van der Waals surface area contributed by atoms with E-state index in [0.717, 1.165) is 5.75 Å².